The lowest BCUT2D eigenvalue weighted by Gasteiger charge is -2.26. The van der Waals surface area contributed by atoms with Gasteiger partial charge in [-0.3, -0.25) is 9.10 Å². The predicted molar refractivity (Wildman–Crippen MR) is 130 cm³/mol. The van der Waals surface area contributed by atoms with Gasteiger partial charge in [0, 0.05) is 11.0 Å². The van der Waals surface area contributed by atoms with Gasteiger partial charge in [-0.25, -0.2) is 13.2 Å². The van der Waals surface area contributed by atoms with Gasteiger partial charge in [-0.15, -0.1) is 0 Å². The Bertz CT molecular complexity index is 1290. The molecule has 0 saturated heterocycles. The Labute approximate surface area is 201 Å². The van der Waals surface area contributed by atoms with E-state index in [-0.39, 0.29) is 17.0 Å². The van der Waals surface area contributed by atoms with E-state index in [1.165, 1.54) is 24.3 Å². The lowest BCUT2D eigenvalue weighted by atomic mass is 10.1. The number of benzene rings is 3. The summed E-state index contributed by atoms with van der Waals surface area (Å²) in [7, 11) is -4.03. The molecule has 0 fully saturated rings. The summed E-state index contributed by atoms with van der Waals surface area (Å²) in [6, 6.07) is 17.8. The molecule has 0 aliphatic rings. The van der Waals surface area contributed by atoms with Gasteiger partial charge in [0.1, 0.15) is 6.54 Å². The van der Waals surface area contributed by atoms with Crippen molar-refractivity contribution in [3.63, 3.8) is 0 Å². The highest BCUT2D eigenvalue weighted by atomic mass is 79.9. The Morgan fingerprint density at radius 1 is 1.00 bits per heavy atom. The third-order valence-corrected chi connectivity index (χ3v) is 7.70. The second-order valence-electron chi connectivity index (χ2n) is 7.49. The molecule has 0 unspecified atom stereocenters. The summed E-state index contributed by atoms with van der Waals surface area (Å²) in [5, 5.41) is 11.8. The van der Waals surface area contributed by atoms with E-state index in [4.69, 9.17) is 5.11 Å². The van der Waals surface area contributed by atoms with Crippen molar-refractivity contribution < 1.29 is 23.1 Å². The summed E-state index contributed by atoms with van der Waals surface area (Å²) in [6.07, 6.45) is 0. The third kappa shape index (κ3) is 5.80. The number of halogens is 1. The van der Waals surface area contributed by atoms with Crippen molar-refractivity contribution >= 4 is 43.5 Å². The van der Waals surface area contributed by atoms with Crippen molar-refractivity contribution in [1.82, 2.24) is 5.32 Å². The Morgan fingerprint density at radius 3 is 2.33 bits per heavy atom. The van der Waals surface area contributed by atoms with Crippen LogP contribution in [-0.2, 0) is 21.4 Å². The topological polar surface area (TPSA) is 104 Å². The first-order chi connectivity index (χ1) is 15.6. The van der Waals surface area contributed by atoms with Crippen molar-refractivity contribution in [2.45, 2.75) is 25.3 Å². The fourth-order valence-corrected chi connectivity index (χ4v) is 5.04. The number of carbonyl (C=O) groups is 2. The number of carboxylic acids is 1. The SMILES string of the molecule is Cc1ccc(S(=O)(=O)N(CC(=O)NCc2cccc(C(=O)O)c2)c2cccc(Br)c2C)cc1. The van der Waals surface area contributed by atoms with E-state index in [1.54, 1.807) is 49.4 Å². The second-order valence-corrected chi connectivity index (χ2v) is 10.2. The average molecular weight is 531 g/mol. The summed E-state index contributed by atoms with van der Waals surface area (Å²) < 4.78 is 28.8. The van der Waals surface area contributed by atoms with Crippen LogP contribution in [0.2, 0.25) is 0 Å². The van der Waals surface area contributed by atoms with Crippen LogP contribution in [0.15, 0.2) is 76.1 Å². The number of aromatic carboxylic acids is 1. The summed E-state index contributed by atoms with van der Waals surface area (Å²) in [5.41, 5.74) is 2.67. The van der Waals surface area contributed by atoms with Gasteiger partial charge in [0.05, 0.1) is 16.1 Å². The summed E-state index contributed by atoms with van der Waals surface area (Å²) >= 11 is 3.42. The van der Waals surface area contributed by atoms with Crippen LogP contribution in [-0.4, -0.2) is 31.9 Å². The van der Waals surface area contributed by atoms with E-state index < -0.39 is 28.4 Å². The zero-order chi connectivity index (χ0) is 24.2. The van der Waals surface area contributed by atoms with Gasteiger partial charge in [-0.05, 0) is 61.4 Å². The van der Waals surface area contributed by atoms with Crippen LogP contribution in [0, 0.1) is 13.8 Å². The molecular formula is C24H23BrN2O5S. The van der Waals surface area contributed by atoms with Gasteiger partial charge in [-0.1, -0.05) is 51.8 Å². The number of hydrogen-bond acceptors (Lipinski definition) is 4. The lowest BCUT2D eigenvalue weighted by Crippen LogP contribution is -2.41. The molecule has 3 rings (SSSR count). The van der Waals surface area contributed by atoms with Gasteiger partial charge >= 0.3 is 5.97 Å². The number of nitrogens with zero attached hydrogens (tertiary/aromatic N) is 1. The lowest BCUT2D eigenvalue weighted by molar-refractivity contribution is -0.119. The number of anilines is 1. The third-order valence-electron chi connectivity index (χ3n) is 5.07. The fourth-order valence-electron chi connectivity index (χ4n) is 3.20. The maximum atomic E-state index is 13.5. The number of carbonyl (C=O) groups excluding carboxylic acids is 1. The predicted octanol–water partition coefficient (Wildman–Crippen LogP) is 4.28. The molecule has 0 heterocycles. The average Bonchev–Trinajstić information content (AvgIpc) is 2.78. The van der Waals surface area contributed by atoms with E-state index in [2.05, 4.69) is 21.2 Å². The number of amides is 1. The van der Waals surface area contributed by atoms with Crippen LogP contribution in [0.5, 0.6) is 0 Å². The number of carboxylic acid groups (broad SMARTS) is 1. The van der Waals surface area contributed by atoms with E-state index in [0.717, 1.165) is 14.3 Å². The molecule has 0 saturated carbocycles. The van der Waals surface area contributed by atoms with Crippen LogP contribution < -0.4 is 9.62 Å². The second kappa shape index (κ2) is 10.2. The number of rotatable bonds is 8. The van der Waals surface area contributed by atoms with Crippen LogP contribution >= 0.6 is 15.9 Å². The van der Waals surface area contributed by atoms with E-state index in [0.29, 0.717) is 16.8 Å². The first kappa shape index (κ1) is 24.5. The standard InChI is InChI=1S/C24H23BrN2O5S/c1-16-9-11-20(12-10-16)33(31,32)27(22-8-4-7-21(25)17(22)2)15-23(28)26-14-18-5-3-6-19(13-18)24(29)30/h3-13H,14-15H2,1-2H3,(H,26,28)(H,29,30). The first-order valence-corrected chi connectivity index (χ1v) is 12.3. The minimum atomic E-state index is -4.03. The first-order valence-electron chi connectivity index (χ1n) is 10.0. The molecule has 3 aromatic rings. The van der Waals surface area contributed by atoms with Crippen LogP contribution in [0.3, 0.4) is 0 Å². The molecule has 7 nitrogen and oxygen atoms in total. The monoisotopic (exact) mass is 530 g/mol. The highest BCUT2D eigenvalue weighted by Gasteiger charge is 2.28. The van der Waals surface area contributed by atoms with Crippen LogP contribution in [0.1, 0.15) is 27.0 Å². The molecule has 1 amide bonds. The molecule has 0 atom stereocenters. The largest absolute Gasteiger partial charge is 0.478 e. The maximum absolute atomic E-state index is 13.5. The number of aryl methyl sites for hydroxylation is 1. The number of sulfonamides is 1. The molecule has 9 heteroatoms. The molecule has 0 aliphatic heterocycles. The molecule has 0 bridgehead atoms. The molecule has 33 heavy (non-hydrogen) atoms. The smallest absolute Gasteiger partial charge is 0.335 e. The summed E-state index contributed by atoms with van der Waals surface area (Å²) in [4.78, 5) is 24.0. The van der Waals surface area contributed by atoms with Gasteiger partial charge < -0.3 is 10.4 Å². The Kier molecular flexibility index (Phi) is 7.55. The van der Waals surface area contributed by atoms with Gasteiger partial charge in [0.25, 0.3) is 10.0 Å². The quantitative estimate of drug-likeness (QED) is 0.452. The molecule has 0 aromatic heterocycles. The zero-order valence-electron chi connectivity index (χ0n) is 18.1. The van der Waals surface area contributed by atoms with Gasteiger partial charge in [0.15, 0.2) is 0 Å². The van der Waals surface area contributed by atoms with Gasteiger partial charge in [0.2, 0.25) is 5.91 Å². The number of hydrogen-bond donors (Lipinski definition) is 2. The Morgan fingerprint density at radius 2 is 1.67 bits per heavy atom. The molecular weight excluding hydrogens is 508 g/mol. The Hall–Kier alpha value is -3.17. The fraction of sp³-hybridized carbons (Fsp3) is 0.167. The summed E-state index contributed by atoms with van der Waals surface area (Å²) in [5.74, 6) is -1.59. The minimum Gasteiger partial charge on any atom is -0.478 e. The van der Waals surface area contributed by atoms with E-state index in [1.807, 2.05) is 6.92 Å². The highest BCUT2D eigenvalue weighted by molar-refractivity contribution is 9.10. The molecule has 0 aliphatic carbocycles. The molecule has 2 N–H and O–H groups in total. The highest BCUT2D eigenvalue weighted by Crippen LogP contribution is 2.31. The maximum Gasteiger partial charge on any atom is 0.335 e. The van der Waals surface area contributed by atoms with Crippen molar-refractivity contribution in [1.29, 1.82) is 0 Å². The molecule has 0 spiro atoms. The van der Waals surface area contributed by atoms with Crippen molar-refractivity contribution in [3.05, 3.63) is 93.5 Å². The van der Waals surface area contributed by atoms with E-state index in [9.17, 15) is 18.0 Å². The van der Waals surface area contributed by atoms with Crippen molar-refractivity contribution in [2.75, 3.05) is 10.8 Å². The number of nitrogens with one attached hydrogen (secondary N) is 1. The minimum absolute atomic E-state index is 0.0653. The van der Waals surface area contributed by atoms with Crippen molar-refractivity contribution in [2.24, 2.45) is 0 Å². The van der Waals surface area contributed by atoms with Gasteiger partial charge in [-0.2, -0.15) is 0 Å². The zero-order valence-corrected chi connectivity index (χ0v) is 20.5. The molecule has 3 aromatic carbocycles. The normalized spacial score (nSPS) is 11.1. The van der Waals surface area contributed by atoms with Crippen LogP contribution in [0.4, 0.5) is 5.69 Å². The van der Waals surface area contributed by atoms with Crippen molar-refractivity contribution in [3.8, 4) is 0 Å². The van der Waals surface area contributed by atoms with Crippen LogP contribution in [0.25, 0.3) is 0 Å². The molecule has 0 radical (unpaired) electrons. The molecule has 172 valence electrons. The Balaban J connectivity index is 1.89. The van der Waals surface area contributed by atoms with E-state index >= 15 is 0 Å². The summed E-state index contributed by atoms with van der Waals surface area (Å²) in [6.45, 7) is 3.26.